The number of nitrogens with zero attached hydrogens (tertiary/aromatic N) is 16. The zero-order chi connectivity index (χ0) is 64.4. The van der Waals surface area contributed by atoms with Crippen LogP contribution in [-0.2, 0) is 11.1 Å². The standard InChI is InChI=1S/C16H20BN5O2.C15H18BN5O2.C14H18BN5O2.C13H16BN5O2/c1-9-12-14(22(20-9)11-5-3-2-4-6-11)18-13(19-15(12)23)10-7-21(8-10)16(17)24;16-15(23)20-7-9(8-20)12-18-13-11(14(22)19-12)6-17-21(13)10-4-2-1-3-5-10;1-7-9-11(20(18-7)14(2,3)4)16-10(17-12(9)21)8-5-19(6-8)13(15)22;1-13(2,3)19-10-8(4-15-19)11(20)17-9(16-10)7-5-18(6-7)12(14)21/h10-11H,2-8H2,1H3,(H,18,19,23);6,9-10H,1-5,7-8H2,(H,18,19,22);8H,5-6H2,1-4H3,(H,16,17,21);4,7H,5-6H2,1-3H3,(H,16,17,20). The van der Waals surface area contributed by atoms with Crippen molar-refractivity contribution in [3.05, 3.63) is 88.5 Å². The van der Waals surface area contributed by atoms with E-state index in [-0.39, 0.29) is 57.0 Å². The number of carbonyl (C=O) groups is 4. The van der Waals surface area contributed by atoms with Crippen LogP contribution in [0.5, 0.6) is 0 Å². The van der Waals surface area contributed by atoms with Crippen LogP contribution in [0.25, 0.3) is 44.1 Å². The molecule has 0 bridgehead atoms. The smallest absolute Gasteiger partial charge is 0.262 e. The second-order valence-corrected chi connectivity index (χ2v) is 26.5. The summed E-state index contributed by atoms with van der Waals surface area (Å²) >= 11 is 0. The van der Waals surface area contributed by atoms with Crippen LogP contribution < -0.4 is 22.2 Å². The highest BCUT2D eigenvalue weighted by molar-refractivity contribution is 6.58. The summed E-state index contributed by atoms with van der Waals surface area (Å²) in [5, 5.41) is 19.9. The number of fused-ring (bicyclic) bond motifs is 4. The lowest BCUT2D eigenvalue weighted by Crippen LogP contribution is -2.49. The van der Waals surface area contributed by atoms with Crippen molar-refractivity contribution in [2.75, 3.05) is 52.4 Å². The molecule has 0 spiro atoms. The molecule has 28 nitrogen and oxygen atoms in total. The summed E-state index contributed by atoms with van der Waals surface area (Å²) in [6, 6.07) is 0.646. The quantitative estimate of drug-likeness (QED) is 0.168. The van der Waals surface area contributed by atoms with Crippen molar-refractivity contribution in [1.29, 1.82) is 0 Å². The second-order valence-electron chi connectivity index (χ2n) is 26.5. The van der Waals surface area contributed by atoms with Gasteiger partial charge >= 0.3 is 0 Å². The highest BCUT2D eigenvalue weighted by Crippen LogP contribution is 2.34. The molecule has 0 unspecified atom stereocenters. The highest BCUT2D eigenvalue weighted by Gasteiger charge is 2.37. The number of likely N-dealkylation sites (tertiary alicyclic amines) is 4. The third-order valence-electron chi connectivity index (χ3n) is 17.9. The summed E-state index contributed by atoms with van der Waals surface area (Å²) in [7, 11) is 20.9. The molecule has 6 fully saturated rings. The maximum Gasteiger partial charge on any atom is 0.262 e. The molecule has 2 saturated carbocycles. The zero-order valence-corrected chi connectivity index (χ0v) is 52.1. The van der Waals surface area contributed by atoms with Crippen molar-refractivity contribution in [2.24, 2.45) is 0 Å². The van der Waals surface area contributed by atoms with Crippen molar-refractivity contribution in [3.63, 3.8) is 0 Å². The number of hydrogen-bond donors (Lipinski definition) is 4. The molecule has 8 aromatic heterocycles. The lowest BCUT2D eigenvalue weighted by Gasteiger charge is -2.38. The first kappa shape index (κ1) is 63.1. The van der Waals surface area contributed by atoms with Gasteiger partial charge in [0.25, 0.3) is 22.2 Å². The Labute approximate surface area is 521 Å². The van der Waals surface area contributed by atoms with E-state index in [0.717, 1.165) is 31.4 Å². The average molecular weight is 1220 g/mol. The Morgan fingerprint density at radius 2 is 0.756 bits per heavy atom. The number of aromatic amines is 4. The lowest BCUT2D eigenvalue weighted by atomic mass is 9.95. The van der Waals surface area contributed by atoms with Gasteiger partial charge in [0.1, 0.15) is 44.8 Å². The van der Waals surface area contributed by atoms with Crippen LogP contribution in [0.15, 0.2) is 31.6 Å². The molecule has 464 valence electrons. The van der Waals surface area contributed by atoms with Gasteiger partial charge in [-0.05, 0) is 81.1 Å². The monoisotopic (exact) mass is 1220 g/mol. The summed E-state index contributed by atoms with van der Waals surface area (Å²) in [6.45, 7) is 19.6. The molecular weight excluding hydrogens is 1150 g/mol. The normalized spacial score (nSPS) is 18.0. The van der Waals surface area contributed by atoms with Crippen LogP contribution in [0.1, 0.15) is 176 Å². The minimum absolute atomic E-state index is 0.00762. The molecular formula is C58H72B4N20O8. The number of H-pyrrole nitrogens is 4. The molecule has 4 amide bonds. The Balaban J connectivity index is 0.000000124. The van der Waals surface area contributed by atoms with E-state index in [0.29, 0.717) is 138 Å². The highest BCUT2D eigenvalue weighted by atomic mass is 16.2. The fraction of sp³-hybridized carbons (Fsp3) is 0.586. The van der Waals surface area contributed by atoms with Crippen LogP contribution in [0, 0.1) is 13.8 Å². The van der Waals surface area contributed by atoms with Crippen molar-refractivity contribution >= 4 is 98.7 Å². The van der Waals surface area contributed by atoms with Crippen LogP contribution in [-0.4, -0.2) is 206 Å². The SMILES string of the molecule is [B]C(=O)N1CC(c2nc3c(c(C)nn3C(C)(C)C)c(=O)[nH]2)C1.[B]C(=O)N1CC(c2nc3c(c(C)nn3C3CCCCC3)c(=O)[nH]2)C1.[B]C(=O)N1CC(c2nc3c(cnn3C(C)(C)C)c(=O)[nH]2)C1.[B]C(=O)N1CC(c2nc3c(cnn3C3CCCCC3)c(=O)[nH]2)C1. The Hall–Kier alpha value is -8.46. The Bertz CT molecular complexity index is 4320. The molecule has 8 radical (unpaired) electrons. The maximum absolute atomic E-state index is 12.5. The number of rotatable bonds is 6. The molecule has 12 heterocycles. The van der Waals surface area contributed by atoms with Gasteiger partial charge in [-0.2, -0.15) is 20.4 Å². The van der Waals surface area contributed by atoms with Crippen molar-refractivity contribution < 1.29 is 19.2 Å². The molecule has 6 aliphatic rings. The van der Waals surface area contributed by atoms with Crippen LogP contribution in [0.4, 0.5) is 19.2 Å². The predicted molar refractivity (Wildman–Crippen MR) is 338 cm³/mol. The van der Waals surface area contributed by atoms with E-state index >= 15 is 0 Å². The molecule has 90 heavy (non-hydrogen) atoms. The molecule has 32 heteroatoms. The van der Waals surface area contributed by atoms with Gasteiger partial charge in [-0.1, -0.05) is 38.5 Å². The van der Waals surface area contributed by atoms with Gasteiger partial charge < -0.3 is 39.5 Å². The molecule has 0 atom stereocenters. The Morgan fingerprint density at radius 3 is 1.17 bits per heavy atom. The van der Waals surface area contributed by atoms with Gasteiger partial charge in [-0.3, -0.25) is 38.4 Å². The number of aryl methyl sites for hydroxylation is 2. The average Bonchev–Trinajstić information content (AvgIpc) is 1.66. The van der Waals surface area contributed by atoms with Gasteiger partial charge in [-0.25, -0.2) is 38.7 Å². The van der Waals surface area contributed by atoms with Crippen LogP contribution in [0.3, 0.4) is 0 Å². The van der Waals surface area contributed by atoms with Crippen molar-refractivity contribution in [1.82, 2.24) is 98.6 Å². The maximum atomic E-state index is 12.5. The number of amides is 4. The third kappa shape index (κ3) is 12.6. The Kier molecular flexibility index (Phi) is 17.3. The van der Waals surface area contributed by atoms with Crippen molar-refractivity contribution in [3.8, 4) is 0 Å². The fourth-order valence-corrected chi connectivity index (χ4v) is 12.6. The van der Waals surface area contributed by atoms with E-state index in [1.165, 1.54) is 59.4 Å². The summed E-state index contributed by atoms with van der Waals surface area (Å²) in [5.74, 6) is 0.736. The van der Waals surface area contributed by atoms with E-state index in [1.54, 1.807) is 27.4 Å². The van der Waals surface area contributed by atoms with E-state index in [9.17, 15) is 38.4 Å². The summed E-state index contributed by atoms with van der Waals surface area (Å²) < 4.78 is 7.39. The topological polar surface area (TPSA) is 336 Å². The zero-order valence-electron chi connectivity index (χ0n) is 52.1. The van der Waals surface area contributed by atoms with Gasteiger partial charge in [0.05, 0.1) is 70.6 Å². The van der Waals surface area contributed by atoms with Gasteiger partial charge in [0, 0.05) is 52.4 Å². The number of carbonyl (C=O) groups excluding carboxylic acids is 4. The molecule has 0 aromatic carbocycles. The molecule has 14 rings (SSSR count). The Morgan fingerprint density at radius 1 is 0.422 bits per heavy atom. The summed E-state index contributed by atoms with van der Waals surface area (Å²) in [5.41, 5.74) is 2.64. The predicted octanol–water partition coefficient (Wildman–Crippen LogP) is 4.37. The summed E-state index contributed by atoms with van der Waals surface area (Å²) in [4.78, 5) is 130. The number of aromatic nitrogens is 16. The van der Waals surface area contributed by atoms with Crippen molar-refractivity contribution in [2.45, 2.75) is 166 Å². The fourth-order valence-electron chi connectivity index (χ4n) is 12.6. The lowest BCUT2D eigenvalue weighted by molar-refractivity contribution is 0.169. The number of hydrogen-bond acceptors (Lipinski definition) is 16. The molecule has 4 saturated heterocycles. The first-order chi connectivity index (χ1) is 42.6. The summed E-state index contributed by atoms with van der Waals surface area (Å²) in [6.07, 6.45) is 14.8. The van der Waals surface area contributed by atoms with Gasteiger partial charge in [-0.15, -0.1) is 0 Å². The molecule has 4 aliphatic heterocycles. The van der Waals surface area contributed by atoms with Gasteiger partial charge in [0.2, 0.25) is 31.4 Å². The molecule has 2 aliphatic carbocycles. The molecule has 4 N–H and O–H groups in total. The van der Waals surface area contributed by atoms with E-state index in [1.807, 2.05) is 57.8 Å². The van der Waals surface area contributed by atoms with Gasteiger partial charge in [0.15, 0.2) is 45.8 Å². The first-order valence-corrected chi connectivity index (χ1v) is 30.8. The van der Waals surface area contributed by atoms with Crippen LogP contribution >= 0.6 is 0 Å². The van der Waals surface area contributed by atoms with E-state index in [2.05, 4.69) is 55.3 Å². The minimum atomic E-state index is -0.450. The van der Waals surface area contributed by atoms with E-state index < -0.39 is 23.2 Å². The largest absolute Gasteiger partial charge is 0.351 e. The second kappa shape index (κ2) is 24.7. The molecule has 8 aromatic rings. The number of nitrogens with one attached hydrogen (secondary N) is 4. The first-order valence-electron chi connectivity index (χ1n) is 30.8. The van der Waals surface area contributed by atoms with E-state index in [4.69, 9.17) is 36.4 Å². The van der Waals surface area contributed by atoms with Crippen LogP contribution in [0.2, 0.25) is 0 Å². The third-order valence-corrected chi connectivity index (χ3v) is 17.9. The minimum Gasteiger partial charge on any atom is -0.351 e.